The minimum absolute atomic E-state index is 0.215. The monoisotopic (exact) mass is 250 g/mol. The maximum Gasteiger partial charge on any atom is 0.415 e. The average Bonchev–Trinajstić information content (AvgIpc) is 2.36. The van der Waals surface area contributed by atoms with Crippen LogP contribution in [-0.4, -0.2) is 35.2 Å². The molecule has 0 spiro atoms. The second kappa shape index (κ2) is 7.32. The Morgan fingerprint density at radius 2 is 1.94 bits per heavy atom. The average molecular weight is 250 g/mol. The fraction of sp³-hybridized carbons (Fsp3) is 0.385. The topological polar surface area (TPSA) is 69.6 Å². The molecule has 0 radical (unpaired) electrons. The number of urea groups is 1. The summed E-state index contributed by atoms with van der Waals surface area (Å²) in [5, 5.41) is 11.5. The lowest BCUT2D eigenvalue weighted by Gasteiger charge is -2.17. The SMILES string of the molecule is CCCN(C(=O)O)C(=O)NCCc1ccccc1. The summed E-state index contributed by atoms with van der Waals surface area (Å²) >= 11 is 0. The molecule has 1 aromatic rings. The summed E-state index contributed by atoms with van der Waals surface area (Å²) in [5.41, 5.74) is 1.11. The molecule has 0 unspecified atom stereocenters. The first-order valence-electron chi connectivity index (χ1n) is 5.97. The fourth-order valence-electron chi connectivity index (χ4n) is 1.56. The molecule has 0 aromatic heterocycles. The van der Waals surface area contributed by atoms with Gasteiger partial charge in [-0.2, -0.15) is 0 Å². The molecule has 18 heavy (non-hydrogen) atoms. The van der Waals surface area contributed by atoms with Crippen LogP contribution in [0.25, 0.3) is 0 Å². The second-order valence-corrected chi connectivity index (χ2v) is 3.90. The Hall–Kier alpha value is -2.04. The van der Waals surface area contributed by atoms with Crippen LogP contribution in [0.15, 0.2) is 30.3 Å². The lowest BCUT2D eigenvalue weighted by Crippen LogP contribution is -2.44. The molecule has 98 valence electrons. The van der Waals surface area contributed by atoms with E-state index in [4.69, 9.17) is 5.11 Å². The van der Waals surface area contributed by atoms with Gasteiger partial charge in [0.15, 0.2) is 0 Å². The zero-order valence-corrected chi connectivity index (χ0v) is 10.4. The molecule has 1 aromatic carbocycles. The summed E-state index contributed by atoms with van der Waals surface area (Å²) < 4.78 is 0. The van der Waals surface area contributed by atoms with Crippen LogP contribution in [0.1, 0.15) is 18.9 Å². The molecule has 0 aliphatic carbocycles. The number of rotatable bonds is 5. The molecule has 0 bridgehead atoms. The van der Waals surface area contributed by atoms with Gasteiger partial charge in [-0.25, -0.2) is 14.5 Å². The zero-order chi connectivity index (χ0) is 13.4. The van der Waals surface area contributed by atoms with Gasteiger partial charge in [0.05, 0.1) is 0 Å². The predicted molar refractivity (Wildman–Crippen MR) is 68.6 cm³/mol. The van der Waals surface area contributed by atoms with Gasteiger partial charge in [-0.3, -0.25) is 0 Å². The Labute approximate surface area is 106 Å². The Balaban J connectivity index is 2.38. The normalized spacial score (nSPS) is 9.83. The molecule has 2 N–H and O–H groups in total. The van der Waals surface area contributed by atoms with Crippen molar-refractivity contribution in [3.05, 3.63) is 35.9 Å². The number of hydrogen-bond donors (Lipinski definition) is 2. The van der Waals surface area contributed by atoms with Gasteiger partial charge in [0, 0.05) is 13.1 Å². The number of imide groups is 1. The number of hydrogen-bond acceptors (Lipinski definition) is 2. The molecule has 5 nitrogen and oxygen atoms in total. The predicted octanol–water partition coefficient (Wildman–Crippen LogP) is 2.33. The van der Waals surface area contributed by atoms with E-state index in [1.54, 1.807) is 0 Å². The minimum Gasteiger partial charge on any atom is -0.465 e. The summed E-state index contributed by atoms with van der Waals surface area (Å²) in [5.74, 6) is 0. The first-order valence-corrected chi connectivity index (χ1v) is 5.97. The first kappa shape index (κ1) is 14.0. The highest BCUT2D eigenvalue weighted by atomic mass is 16.4. The number of carbonyl (C=O) groups excluding carboxylic acids is 1. The highest BCUT2D eigenvalue weighted by Gasteiger charge is 2.18. The van der Waals surface area contributed by atoms with Crippen molar-refractivity contribution in [2.24, 2.45) is 0 Å². The van der Waals surface area contributed by atoms with E-state index >= 15 is 0 Å². The van der Waals surface area contributed by atoms with Gasteiger partial charge in [0.2, 0.25) is 0 Å². The number of nitrogens with one attached hydrogen (secondary N) is 1. The second-order valence-electron chi connectivity index (χ2n) is 3.90. The van der Waals surface area contributed by atoms with Crippen molar-refractivity contribution >= 4 is 12.1 Å². The van der Waals surface area contributed by atoms with Crippen LogP contribution in [0.2, 0.25) is 0 Å². The zero-order valence-electron chi connectivity index (χ0n) is 10.4. The largest absolute Gasteiger partial charge is 0.465 e. The van der Waals surface area contributed by atoms with Crippen LogP contribution < -0.4 is 5.32 Å². The van der Waals surface area contributed by atoms with E-state index in [1.165, 1.54) is 0 Å². The van der Waals surface area contributed by atoms with Gasteiger partial charge in [-0.05, 0) is 18.4 Å². The Kier molecular flexibility index (Phi) is 5.70. The molecule has 0 aliphatic heterocycles. The maximum atomic E-state index is 11.6. The molecule has 0 saturated carbocycles. The van der Waals surface area contributed by atoms with Crippen LogP contribution >= 0.6 is 0 Å². The summed E-state index contributed by atoms with van der Waals surface area (Å²) in [6.45, 7) is 2.47. The van der Waals surface area contributed by atoms with Gasteiger partial charge in [-0.15, -0.1) is 0 Å². The number of carbonyl (C=O) groups is 2. The summed E-state index contributed by atoms with van der Waals surface area (Å²) in [6, 6.07) is 9.16. The molecule has 5 heteroatoms. The van der Waals surface area contributed by atoms with Gasteiger partial charge < -0.3 is 10.4 Å². The van der Waals surface area contributed by atoms with E-state index in [1.807, 2.05) is 37.3 Å². The van der Waals surface area contributed by atoms with Crippen molar-refractivity contribution in [1.29, 1.82) is 0 Å². The van der Waals surface area contributed by atoms with E-state index in [-0.39, 0.29) is 6.54 Å². The van der Waals surface area contributed by atoms with E-state index in [0.29, 0.717) is 19.4 Å². The first-order chi connectivity index (χ1) is 8.65. The summed E-state index contributed by atoms with van der Waals surface area (Å²) in [4.78, 5) is 23.2. The number of amides is 3. The van der Waals surface area contributed by atoms with Crippen molar-refractivity contribution in [3.63, 3.8) is 0 Å². The van der Waals surface area contributed by atoms with Gasteiger partial charge in [0.1, 0.15) is 0 Å². The van der Waals surface area contributed by atoms with Crippen LogP contribution in [0.3, 0.4) is 0 Å². The minimum atomic E-state index is -1.21. The third-order valence-corrected chi connectivity index (χ3v) is 2.46. The molecule has 0 aliphatic rings. The number of benzene rings is 1. The van der Waals surface area contributed by atoms with E-state index in [2.05, 4.69) is 5.32 Å². The summed E-state index contributed by atoms with van der Waals surface area (Å²) in [6.07, 6.45) is 0.0824. The molecule has 0 atom stereocenters. The Bertz CT molecular complexity index is 392. The van der Waals surface area contributed by atoms with Crippen LogP contribution in [0.5, 0.6) is 0 Å². The molecular weight excluding hydrogens is 232 g/mol. The Morgan fingerprint density at radius 3 is 2.50 bits per heavy atom. The van der Waals surface area contributed by atoms with Crippen molar-refractivity contribution < 1.29 is 14.7 Å². The van der Waals surface area contributed by atoms with Crippen LogP contribution in [0, 0.1) is 0 Å². The molecule has 0 heterocycles. The highest BCUT2D eigenvalue weighted by molar-refractivity contribution is 5.89. The third-order valence-electron chi connectivity index (χ3n) is 2.46. The van der Waals surface area contributed by atoms with E-state index in [0.717, 1.165) is 10.5 Å². The molecule has 0 saturated heterocycles. The van der Waals surface area contributed by atoms with Crippen molar-refractivity contribution in [3.8, 4) is 0 Å². The van der Waals surface area contributed by atoms with Crippen molar-refractivity contribution in [2.75, 3.05) is 13.1 Å². The molecule has 3 amide bonds. The smallest absolute Gasteiger partial charge is 0.415 e. The molecule has 0 fully saturated rings. The van der Waals surface area contributed by atoms with Gasteiger partial charge >= 0.3 is 12.1 Å². The summed E-state index contributed by atoms with van der Waals surface area (Å²) in [7, 11) is 0. The van der Waals surface area contributed by atoms with E-state index < -0.39 is 12.1 Å². The number of nitrogens with zero attached hydrogens (tertiary/aromatic N) is 1. The highest BCUT2D eigenvalue weighted by Crippen LogP contribution is 1.99. The van der Waals surface area contributed by atoms with E-state index in [9.17, 15) is 9.59 Å². The fourth-order valence-corrected chi connectivity index (χ4v) is 1.56. The van der Waals surface area contributed by atoms with Crippen molar-refractivity contribution in [1.82, 2.24) is 10.2 Å². The number of carboxylic acid groups (broad SMARTS) is 1. The maximum absolute atomic E-state index is 11.6. The standard InChI is InChI=1S/C13H18N2O3/c1-2-10-15(13(17)18)12(16)14-9-8-11-6-4-3-5-7-11/h3-7H,2,8-10H2,1H3,(H,14,16)(H,17,18). The van der Waals surface area contributed by atoms with Crippen LogP contribution in [-0.2, 0) is 6.42 Å². The molecule has 1 rings (SSSR count). The van der Waals surface area contributed by atoms with Crippen molar-refractivity contribution in [2.45, 2.75) is 19.8 Å². The quantitative estimate of drug-likeness (QED) is 0.842. The Morgan fingerprint density at radius 1 is 1.28 bits per heavy atom. The van der Waals surface area contributed by atoms with Gasteiger partial charge in [0.25, 0.3) is 0 Å². The lowest BCUT2D eigenvalue weighted by atomic mass is 10.1. The molecular formula is C13H18N2O3. The van der Waals surface area contributed by atoms with Gasteiger partial charge in [-0.1, -0.05) is 37.3 Å². The van der Waals surface area contributed by atoms with Crippen LogP contribution in [0.4, 0.5) is 9.59 Å². The third kappa shape index (κ3) is 4.45. The lowest BCUT2D eigenvalue weighted by molar-refractivity contribution is 0.148.